The summed E-state index contributed by atoms with van der Waals surface area (Å²) in [6.45, 7) is 0.581. The number of rotatable bonds is 4. The molecule has 0 aliphatic rings. The molecule has 0 saturated carbocycles. The van der Waals surface area contributed by atoms with E-state index in [4.69, 9.17) is 23.2 Å². The Labute approximate surface area is 121 Å². The fourth-order valence-corrected chi connectivity index (χ4v) is 2.27. The maximum Gasteiger partial charge on any atom is 0.138 e. The van der Waals surface area contributed by atoms with Gasteiger partial charge in [-0.25, -0.2) is 14.4 Å². The molecule has 0 aliphatic heterocycles. The molecule has 0 radical (unpaired) electrons. The largest absolute Gasteiger partial charge is 0.355 e. The second-order valence-electron chi connectivity index (χ2n) is 4.08. The van der Waals surface area contributed by atoms with Gasteiger partial charge in [0.2, 0.25) is 0 Å². The molecular weight excluding hydrogens is 288 g/mol. The summed E-state index contributed by atoms with van der Waals surface area (Å²) in [7, 11) is 1.87. The summed E-state index contributed by atoms with van der Waals surface area (Å²) in [6.07, 6.45) is 1.40. The Bertz CT molecular complexity index is 560. The molecule has 100 valence electrons. The Kier molecular flexibility index (Phi) is 4.56. The van der Waals surface area contributed by atoms with E-state index in [9.17, 15) is 4.39 Å². The molecule has 2 rings (SSSR count). The van der Waals surface area contributed by atoms with Crippen molar-refractivity contribution in [3.05, 3.63) is 52.7 Å². The Hall–Kier alpha value is -1.39. The van der Waals surface area contributed by atoms with Gasteiger partial charge in [-0.05, 0) is 17.7 Å². The number of alkyl halides is 1. The van der Waals surface area contributed by atoms with Crippen molar-refractivity contribution in [3.8, 4) is 0 Å². The number of halogens is 3. The van der Waals surface area contributed by atoms with Crippen LogP contribution in [-0.2, 0) is 12.4 Å². The molecule has 0 N–H and O–H groups in total. The quantitative estimate of drug-likeness (QED) is 0.637. The molecule has 1 aromatic carbocycles. The van der Waals surface area contributed by atoms with Crippen LogP contribution in [0.15, 0.2) is 30.6 Å². The first-order valence-corrected chi connectivity index (χ1v) is 6.54. The number of anilines is 1. The summed E-state index contributed by atoms with van der Waals surface area (Å²) >= 11 is 11.9. The zero-order chi connectivity index (χ0) is 13.8. The number of benzene rings is 1. The van der Waals surface area contributed by atoms with Crippen LogP contribution in [0.1, 0.15) is 11.1 Å². The first kappa shape index (κ1) is 14.0. The van der Waals surface area contributed by atoms with E-state index < -0.39 is 0 Å². The van der Waals surface area contributed by atoms with Crippen molar-refractivity contribution in [1.29, 1.82) is 0 Å². The van der Waals surface area contributed by atoms with Gasteiger partial charge < -0.3 is 4.90 Å². The summed E-state index contributed by atoms with van der Waals surface area (Å²) in [6, 6.07) is 6.32. The number of nitrogens with zero attached hydrogens (tertiary/aromatic N) is 3. The number of hydrogen-bond acceptors (Lipinski definition) is 3. The zero-order valence-electron chi connectivity index (χ0n) is 10.3. The van der Waals surface area contributed by atoms with Crippen LogP contribution in [0.2, 0.25) is 5.15 Å². The highest BCUT2D eigenvalue weighted by molar-refractivity contribution is 6.31. The van der Waals surface area contributed by atoms with E-state index in [1.54, 1.807) is 12.1 Å². The highest BCUT2D eigenvalue weighted by Crippen LogP contribution is 2.25. The third-order valence-electron chi connectivity index (χ3n) is 2.70. The first-order chi connectivity index (χ1) is 9.11. The van der Waals surface area contributed by atoms with E-state index in [-0.39, 0.29) is 11.7 Å². The minimum Gasteiger partial charge on any atom is -0.355 e. The molecule has 0 unspecified atom stereocenters. The summed E-state index contributed by atoms with van der Waals surface area (Å²) in [5.41, 5.74) is 1.66. The average molecular weight is 300 g/mol. The van der Waals surface area contributed by atoms with Crippen molar-refractivity contribution in [3.63, 3.8) is 0 Å². The van der Waals surface area contributed by atoms with Crippen LogP contribution < -0.4 is 4.90 Å². The lowest BCUT2D eigenvalue weighted by Crippen LogP contribution is -2.19. The monoisotopic (exact) mass is 299 g/mol. The highest BCUT2D eigenvalue weighted by Gasteiger charge is 2.13. The smallest absolute Gasteiger partial charge is 0.138 e. The molecular formula is C13H12Cl2FN3. The van der Waals surface area contributed by atoms with Crippen molar-refractivity contribution in [2.45, 2.75) is 12.4 Å². The predicted molar refractivity (Wildman–Crippen MR) is 75.1 cm³/mol. The van der Waals surface area contributed by atoms with E-state index in [2.05, 4.69) is 9.97 Å². The van der Waals surface area contributed by atoms with Crippen molar-refractivity contribution in [2.24, 2.45) is 0 Å². The molecule has 6 heteroatoms. The molecule has 19 heavy (non-hydrogen) atoms. The fraction of sp³-hybridized carbons (Fsp3) is 0.231. The first-order valence-electron chi connectivity index (χ1n) is 5.62. The molecule has 0 saturated heterocycles. The summed E-state index contributed by atoms with van der Waals surface area (Å²) in [4.78, 5) is 10.0. The lowest BCUT2D eigenvalue weighted by molar-refractivity contribution is 0.627. The Morgan fingerprint density at radius 2 is 1.89 bits per heavy atom. The number of hydrogen-bond donors (Lipinski definition) is 0. The summed E-state index contributed by atoms with van der Waals surface area (Å²) < 4.78 is 12.8. The topological polar surface area (TPSA) is 29.0 Å². The average Bonchev–Trinajstić information content (AvgIpc) is 2.41. The van der Waals surface area contributed by atoms with Crippen LogP contribution in [0.5, 0.6) is 0 Å². The lowest BCUT2D eigenvalue weighted by Gasteiger charge is -2.20. The van der Waals surface area contributed by atoms with Crippen molar-refractivity contribution in [1.82, 2.24) is 9.97 Å². The fourth-order valence-electron chi connectivity index (χ4n) is 1.76. The molecule has 0 atom stereocenters. The minimum absolute atomic E-state index is 0.239. The highest BCUT2D eigenvalue weighted by atomic mass is 35.5. The SMILES string of the molecule is CN(Cc1ccc(F)cc1)c1ncnc(Cl)c1CCl. The molecule has 2 aromatic rings. The van der Waals surface area contributed by atoms with Gasteiger partial charge in [0, 0.05) is 19.2 Å². The van der Waals surface area contributed by atoms with Crippen LogP contribution in [0.3, 0.4) is 0 Å². The van der Waals surface area contributed by atoms with Gasteiger partial charge in [0.1, 0.15) is 23.1 Å². The second kappa shape index (κ2) is 6.17. The van der Waals surface area contributed by atoms with Gasteiger partial charge in [0.05, 0.1) is 5.88 Å². The molecule has 3 nitrogen and oxygen atoms in total. The van der Waals surface area contributed by atoms with Crippen LogP contribution >= 0.6 is 23.2 Å². The van der Waals surface area contributed by atoms with Crippen molar-refractivity contribution in [2.75, 3.05) is 11.9 Å². The molecule has 0 fully saturated rings. The molecule has 0 amide bonds. The van der Waals surface area contributed by atoms with Crippen molar-refractivity contribution < 1.29 is 4.39 Å². The van der Waals surface area contributed by atoms with Gasteiger partial charge in [-0.3, -0.25) is 0 Å². The molecule has 0 aliphatic carbocycles. The Morgan fingerprint density at radius 1 is 1.21 bits per heavy atom. The van der Waals surface area contributed by atoms with Gasteiger partial charge in [0.15, 0.2) is 0 Å². The standard InChI is InChI=1S/C13H12Cl2FN3/c1-19(7-9-2-4-10(16)5-3-9)13-11(6-14)12(15)17-8-18-13/h2-5,8H,6-7H2,1H3. The lowest BCUT2D eigenvalue weighted by atomic mass is 10.2. The van der Waals surface area contributed by atoms with Crippen LogP contribution in [0.25, 0.3) is 0 Å². The number of aromatic nitrogens is 2. The normalized spacial score (nSPS) is 10.5. The Balaban J connectivity index is 2.22. The van der Waals surface area contributed by atoms with E-state index in [0.717, 1.165) is 5.56 Å². The van der Waals surface area contributed by atoms with Crippen molar-refractivity contribution >= 4 is 29.0 Å². The third-order valence-corrected chi connectivity index (χ3v) is 3.29. The second-order valence-corrected chi connectivity index (χ2v) is 4.71. The maximum atomic E-state index is 12.8. The zero-order valence-corrected chi connectivity index (χ0v) is 11.8. The van der Waals surface area contributed by atoms with Gasteiger partial charge >= 0.3 is 0 Å². The Morgan fingerprint density at radius 3 is 2.53 bits per heavy atom. The predicted octanol–water partition coefficient (Wildman–Crippen LogP) is 3.64. The molecule has 1 aromatic heterocycles. The van der Waals surface area contributed by atoms with E-state index in [0.29, 0.717) is 23.1 Å². The van der Waals surface area contributed by atoms with Gasteiger partial charge in [-0.2, -0.15) is 0 Å². The third kappa shape index (κ3) is 3.33. The summed E-state index contributed by atoms with van der Waals surface area (Å²) in [5.74, 6) is 0.667. The van der Waals surface area contributed by atoms with Gasteiger partial charge in [-0.15, -0.1) is 11.6 Å². The molecule has 1 heterocycles. The van der Waals surface area contributed by atoms with Gasteiger partial charge in [-0.1, -0.05) is 23.7 Å². The van der Waals surface area contributed by atoms with E-state index in [1.807, 2.05) is 11.9 Å². The minimum atomic E-state index is -0.252. The van der Waals surface area contributed by atoms with Crippen LogP contribution in [0.4, 0.5) is 10.2 Å². The molecule has 0 bridgehead atoms. The van der Waals surface area contributed by atoms with Gasteiger partial charge in [0.25, 0.3) is 0 Å². The van der Waals surface area contributed by atoms with Crippen LogP contribution in [0, 0.1) is 5.82 Å². The summed E-state index contributed by atoms with van der Waals surface area (Å²) in [5, 5.41) is 0.353. The maximum absolute atomic E-state index is 12.8. The van der Waals surface area contributed by atoms with E-state index in [1.165, 1.54) is 18.5 Å². The van der Waals surface area contributed by atoms with E-state index >= 15 is 0 Å². The molecule has 0 spiro atoms. The van der Waals surface area contributed by atoms with Crippen LogP contribution in [-0.4, -0.2) is 17.0 Å².